The van der Waals surface area contributed by atoms with Crippen LogP contribution >= 0.6 is 0 Å². The lowest BCUT2D eigenvalue weighted by atomic mass is 10.2. The van der Waals surface area contributed by atoms with Gasteiger partial charge in [0.15, 0.2) is 18.2 Å². The molecule has 2 amide bonds. The summed E-state index contributed by atoms with van der Waals surface area (Å²) in [5.41, 5.74) is 0.535. The van der Waals surface area contributed by atoms with E-state index in [9.17, 15) is 9.59 Å². The minimum Gasteiger partial charge on any atom is -0.480 e. The summed E-state index contributed by atoms with van der Waals surface area (Å²) < 4.78 is 5.19. The average Bonchev–Trinajstić information content (AvgIpc) is 2.47. The first-order valence-corrected chi connectivity index (χ1v) is 6.02. The third-order valence-corrected chi connectivity index (χ3v) is 2.75. The summed E-state index contributed by atoms with van der Waals surface area (Å²) in [5.74, 6) is 0.621. The molecule has 0 aliphatic carbocycles. The second-order valence-corrected chi connectivity index (χ2v) is 4.20. The van der Waals surface area contributed by atoms with Gasteiger partial charge in [0.25, 0.3) is 11.8 Å². The highest BCUT2D eigenvalue weighted by molar-refractivity contribution is 6.04. The minimum atomic E-state index is -0.267. The smallest absolute Gasteiger partial charge is 0.263 e. The van der Waals surface area contributed by atoms with Crippen LogP contribution in [-0.2, 0) is 4.79 Å². The maximum absolute atomic E-state index is 12.0. The zero-order valence-corrected chi connectivity index (χ0v) is 10.4. The van der Waals surface area contributed by atoms with Crippen LogP contribution in [0.2, 0.25) is 0 Å². The van der Waals surface area contributed by atoms with Gasteiger partial charge in [-0.3, -0.25) is 9.59 Å². The van der Waals surface area contributed by atoms with Crippen molar-refractivity contribution in [2.24, 2.45) is 0 Å². The number of pyridine rings is 1. The first kappa shape index (κ1) is 12.2. The highest BCUT2D eigenvalue weighted by Crippen LogP contribution is 2.26. The first-order chi connectivity index (χ1) is 9.72. The number of hydrogen-bond donors (Lipinski definition) is 2. The number of ether oxygens (including phenoxy) is 1. The van der Waals surface area contributed by atoms with Gasteiger partial charge in [0, 0.05) is 5.56 Å². The lowest BCUT2D eigenvalue weighted by Gasteiger charge is -2.17. The Balaban J connectivity index is 1.80. The molecule has 1 aromatic carbocycles. The third kappa shape index (κ3) is 2.44. The molecule has 0 saturated carbocycles. The van der Waals surface area contributed by atoms with E-state index in [1.807, 2.05) is 6.07 Å². The molecule has 1 aliphatic rings. The third-order valence-electron chi connectivity index (χ3n) is 2.75. The van der Waals surface area contributed by atoms with Crippen LogP contribution in [0.15, 0.2) is 42.5 Å². The lowest BCUT2D eigenvalue weighted by molar-refractivity contribution is -0.118. The molecule has 20 heavy (non-hydrogen) atoms. The Morgan fingerprint density at radius 2 is 2.00 bits per heavy atom. The SMILES string of the molecule is O=C1COc2ccc(NC(=O)c3ccccc3)nc2N1. The van der Waals surface area contributed by atoms with E-state index in [0.29, 0.717) is 22.9 Å². The van der Waals surface area contributed by atoms with Gasteiger partial charge in [-0.15, -0.1) is 0 Å². The van der Waals surface area contributed by atoms with Crippen molar-refractivity contribution in [1.82, 2.24) is 4.98 Å². The van der Waals surface area contributed by atoms with Gasteiger partial charge in [0.1, 0.15) is 5.82 Å². The number of amides is 2. The maximum atomic E-state index is 12.0. The van der Waals surface area contributed by atoms with Crippen molar-refractivity contribution in [3.63, 3.8) is 0 Å². The molecule has 1 aromatic heterocycles. The van der Waals surface area contributed by atoms with Gasteiger partial charge in [0.2, 0.25) is 0 Å². The van der Waals surface area contributed by atoms with Gasteiger partial charge in [-0.05, 0) is 24.3 Å². The van der Waals surface area contributed by atoms with Crippen LogP contribution in [0.25, 0.3) is 0 Å². The van der Waals surface area contributed by atoms with E-state index in [1.165, 1.54) is 0 Å². The van der Waals surface area contributed by atoms with E-state index in [-0.39, 0.29) is 18.4 Å². The van der Waals surface area contributed by atoms with Gasteiger partial charge in [-0.2, -0.15) is 0 Å². The van der Waals surface area contributed by atoms with Crippen LogP contribution in [-0.4, -0.2) is 23.4 Å². The summed E-state index contributed by atoms with van der Waals surface area (Å²) >= 11 is 0. The molecule has 6 nitrogen and oxygen atoms in total. The van der Waals surface area contributed by atoms with Crippen LogP contribution in [0.4, 0.5) is 11.6 Å². The number of anilines is 2. The molecular formula is C14H11N3O3. The van der Waals surface area contributed by atoms with Crippen molar-refractivity contribution in [3.8, 4) is 5.75 Å². The summed E-state index contributed by atoms with van der Waals surface area (Å²) in [7, 11) is 0. The highest BCUT2D eigenvalue weighted by atomic mass is 16.5. The number of carbonyl (C=O) groups is 2. The van der Waals surface area contributed by atoms with Crippen molar-refractivity contribution in [3.05, 3.63) is 48.0 Å². The van der Waals surface area contributed by atoms with Crippen LogP contribution < -0.4 is 15.4 Å². The van der Waals surface area contributed by atoms with Crippen molar-refractivity contribution in [2.75, 3.05) is 17.2 Å². The fourth-order valence-corrected chi connectivity index (χ4v) is 1.81. The molecule has 0 bridgehead atoms. The Morgan fingerprint density at radius 1 is 1.20 bits per heavy atom. The van der Waals surface area contributed by atoms with Crippen molar-refractivity contribution < 1.29 is 14.3 Å². The van der Waals surface area contributed by atoms with E-state index < -0.39 is 0 Å². The Labute approximate surface area is 114 Å². The van der Waals surface area contributed by atoms with E-state index in [2.05, 4.69) is 15.6 Å². The van der Waals surface area contributed by atoms with Crippen molar-refractivity contribution in [1.29, 1.82) is 0 Å². The van der Waals surface area contributed by atoms with E-state index >= 15 is 0 Å². The van der Waals surface area contributed by atoms with Crippen molar-refractivity contribution in [2.45, 2.75) is 0 Å². The highest BCUT2D eigenvalue weighted by Gasteiger charge is 2.18. The molecule has 0 fully saturated rings. The normalized spacial score (nSPS) is 12.9. The second kappa shape index (κ2) is 5.00. The van der Waals surface area contributed by atoms with Gasteiger partial charge in [-0.1, -0.05) is 18.2 Å². The van der Waals surface area contributed by atoms with Crippen LogP contribution in [0, 0.1) is 0 Å². The zero-order valence-electron chi connectivity index (χ0n) is 10.4. The molecule has 2 N–H and O–H groups in total. The molecule has 0 atom stereocenters. The van der Waals surface area contributed by atoms with E-state index in [1.54, 1.807) is 36.4 Å². The summed E-state index contributed by atoms with van der Waals surface area (Å²) in [6.07, 6.45) is 0. The Bertz CT molecular complexity index is 671. The number of benzene rings is 1. The lowest BCUT2D eigenvalue weighted by Crippen LogP contribution is -2.26. The Hall–Kier alpha value is -2.89. The number of fused-ring (bicyclic) bond motifs is 1. The predicted molar refractivity (Wildman–Crippen MR) is 72.8 cm³/mol. The molecule has 6 heteroatoms. The minimum absolute atomic E-state index is 0.0234. The average molecular weight is 269 g/mol. The van der Waals surface area contributed by atoms with Gasteiger partial charge < -0.3 is 15.4 Å². The molecule has 100 valence electrons. The molecular weight excluding hydrogens is 258 g/mol. The Morgan fingerprint density at radius 3 is 2.80 bits per heavy atom. The number of nitrogens with one attached hydrogen (secondary N) is 2. The number of rotatable bonds is 2. The Kier molecular flexibility index (Phi) is 3.04. The first-order valence-electron chi connectivity index (χ1n) is 6.02. The molecule has 0 unspecified atom stereocenters. The molecule has 2 aromatic rings. The fraction of sp³-hybridized carbons (Fsp3) is 0.0714. The molecule has 0 spiro atoms. The number of carbonyl (C=O) groups excluding carboxylic acids is 2. The summed E-state index contributed by atoms with van der Waals surface area (Å²) in [5, 5.41) is 5.25. The maximum Gasteiger partial charge on any atom is 0.263 e. The van der Waals surface area contributed by atoms with Gasteiger partial charge in [-0.25, -0.2) is 4.98 Å². The number of nitrogens with zero attached hydrogens (tertiary/aromatic N) is 1. The summed E-state index contributed by atoms with van der Waals surface area (Å²) in [6.45, 7) is -0.0234. The predicted octanol–water partition coefficient (Wildman–Crippen LogP) is 1.66. The topological polar surface area (TPSA) is 80.3 Å². The fourth-order valence-electron chi connectivity index (χ4n) is 1.81. The molecule has 3 rings (SSSR count). The van der Waals surface area contributed by atoms with Crippen LogP contribution in [0.5, 0.6) is 5.75 Å². The molecule has 2 heterocycles. The van der Waals surface area contributed by atoms with Crippen LogP contribution in [0.3, 0.4) is 0 Å². The summed E-state index contributed by atoms with van der Waals surface area (Å²) in [4.78, 5) is 27.3. The largest absolute Gasteiger partial charge is 0.480 e. The van der Waals surface area contributed by atoms with Crippen LogP contribution in [0.1, 0.15) is 10.4 Å². The van der Waals surface area contributed by atoms with E-state index in [0.717, 1.165) is 0 Å². The molecule has 1 aliphatic heterocycles. The quantitative estimate of drug-likeness (QED) is 0.869. The zero-order chi connectivity index (χ0) is 13.9. The van der Waals surface area contributed by atoms with E-state index in [4.69, 9.17) is 4.74 Å². The number of aromatic nitrogens is 1. The second-order valence-electron chi connectivity index (χ2n) is 4.20. The van der Waals surface area contributed by atoms with Gasteiger partial charge in [0.05, 0.1) is 0 Å². The van der Waals surface area contributed by atoms with Gasteiger partial charge >= 0.3 is 0 Å². The molecule has 0 saturated heterocycles. The van der Waals surface area contributed by atoms with Crippen molar-refractivity contribution >= 4 is 23.5 Å². The number of hydrogen-bond acceptors (Lipinski definition) is 4. The summed E-state index contributed by atoms with van der Waals surface area (Å²) in [6, 6.07) is 12.1. The monoisotopic (exact) mass is 269 g/mol. The molecule has 0 radical (unpaired) electrons. The standard InChI is InChI=1S/C14H11N3O3/c18-12-8-20-10-6-7-11(15-13(10)17-12)16-14(19)9-4-2-1-3-5-9/h1-7H,8H2,(H2,15,16,17,18,19).